The summed E-state index contributed by atoms with van der Waals surface area (Å²) in [6.45, 7) is 4.99. The van der Waals surface area contributed by atoms with E-state index in [1.54, 1.807) is 11.2 Å². The Morgan fingerprint density at radius 2 is 1.86 bits per heavy atom. The second kappa shape index (κ2) is 8.82. The van der Waals surface area contributed by atoms with Crippen LogP contribution in [0.2, 0.25) is 0 Å². The fourth-order valence-corrected chi connectivity index (χ4v) is 4.26. The standard InChI is InChI=1S/C23H28N2O4/c1-17-6-8-18(9-7-17)20(16-19-4-3-13-29-19)22(26)25-10-2-5-21(25)23(27)24-11-14-28-15-12-24/h3-4,6-9,13,20-21H,2,5,10-12,14-16H2,1H3/t20?,21-/m1/s1. The maximum absolute atomic E-state index is 13.6. The minimum atomic E-state index is -0.370. The summed E-state index contributed by atoms with van der Waals surface area (Å²) >= 11 is 0. The Hall–Kier alpha value is -2.60. The van der Waals surface area contributed by atoms with Crippen LogP contribution in [-0.4, -0.2) is 60.5 Å². The number of amides is 2. The zero-order valence-electron chi connectivity index (χ0n) is 16.9. The summed E-state index contributed by atoms with van der Waals surface area (Å²) in [7, 11) is 0. The smallest absolute Gasteiger partial charge is 0.245 e. The molecular formula is C23H28N2O4. The van der Waals surface area contributed by atoms with Gasteiger partial charge in [0.05, 0.1) is 25.4 Å². The summed E-state index contributed by atoms with van der Waals surface area (Å²) < 4.78 is 10.9. The molecule has 0 bridgehead atoms. The summed E-state index contributed by atoms with van der Waals surface area (Å²) in [6, 6.07) is 11.4. The average Bonchev–Trinajstić information content (AvgIpc) is 3.44. The van der Waals surface area contributed by atoms with Crippen molar-refractivity contribution in [2.24, 2.45) is 0 Å². The molecule has 0 saturated carbocycles. The molecule has 1 aromatic carbocycles. The lowest BCUT2D eigenvalue weighted by Gasteiger charge is -2.34. The molecule has 2 aliphatic rings. The summed E-state index contributed by atoms with van der Waals surface area (Å²) in [5.41, 5.74) is 2.11. The highest BCUT2D eigenvalue weighted by Crippen LogP contribution is 2.29. The number of carbonyl (C=O) groups excluding carboxylic acids is 2. The second-order valence-corrected chi connectivity index (χ2v) is 7.87. The molecule has 2 atom stereocenters. The zero-order valence-corrected chi connectivity index (χ0v) is 16.9. The van der Waals surface area contributed by atoms with Gasteiger partial charge in [0.2, 0.25) is 11.8 Å². The Bertz CT molecular complexity index is 825. The molecule has 0 radical (unpaired) electrons. The third-order valence-electron chi connectivity index (χ3n) is 5.91. The van der Waals surface area contributed by atoms with Crippen LogP contribution in [0.4, 0.5) is 0 Å². The molecule has 6 nitrogen and oxygen atoms in total. The number of benzene rings is 1. The summed E-state index contributed by atoms with van der Waals surface area (Å²) in [6.07, 6.45) is 3.70. The van der Waals surface area contributed by atoms with E-state index in [1.165, 1.54) is 0 Å². The van der Waals surface area contributed by atoms with Gasteiger partial charge in [-0.15, -0.1) is 0 Å². The molecule has 4 rings (SSSR count). The van der Waals surface area contributed by atoms with Crippen LogP contribution in [0, 0.1) is 6.92 Å². The van der Waals surface area contributed by atoms with Crippen molar-refractivity contribution < 1.29 is 18.7 Å². The highest BCUT2D eigenvalue weighted by molar-refractivity contribution is 5.91. The topological polar surface area (TPSA) is 63.0 Å². The van der Waals surface area contributed by atoms with E-state index in [0.717, 1.165) is 29.7 Å². The monoisotopic (exact) mass is 396 g/mol. The molecule has 2 saturated heterocycles. The molecule has 2 amide bonds. The van der Waals surface area contributed by atoms with E-state index in [9.17, 15) is 9.59 Å². The second-order valence-electron chi connectivity index (χ2n) is 7.87. The summed E-state index contributed by atoms with van der Waals surface area (Å²) in [5, 5.41) is 0. The van der Waals surface area contributed by atoms with E-state index >= 15 is 0 Å². The van der Waals surface area contributed by atoms with Crippen LogP contribution in [0.25, 0.3) is 0 Å². The summed E-state index contributed by atoms with van der Waals surface area (Å²) in [4.78, 5) is 30.4. The lowest BCUT2D eigenvalue weighted by molar-refractivity contribution is -0.147. The van der Waals surface area contributed by atoms with Gasteiger partial charge in [-0.2, -0.15) is 0 Å². The quantitative estimate of drug-likeness (QED) is 0.780. The molecule has 1 aromatic heterocycles. The predicted octanol–water partition coefficient (Wildman–Crippen LogP) is 2.76. The van der Waals surface area contributed by atoms with Crippen LogP contribution in [0.1, 0.15) is 35.6 Å². The van der Waals surface area contributed by atoms with Gasteiger partial charge < -0.3 is 19.0 Å². The van der Waals surface area contributed by atoms with Gasteiger partial charge in [0, 0.05) is 26.1 Å². The van der Waals surface area contributed by atoms with Crippen molar-refractivity contribution >= 4 is 11.8 Å². The van der Waals surface area contributed by atoms with Crippen molar-refractivity contribution in [1.82, 2.24) is 9.80 Å². The number of nitrogens with zero attached hydrogens (tertiary/aromatic N) is 2. The fourth-order valence-electron chi connectivity index (χ4n) is 4.26. The van der Waals surface area contributed by atoms with Crippen LogP contribution in [0.5, 0.6) is 0 Å². The Morgan fingerprint density at radius 1 is 1.10 bits per heavy atom. The number of ether oxygens (including phenoxy) is 1. The molecule has 0 spiro atoms. The lowest BCUT2D eigenvalue weighted by Crippen LogP contribution is -2.51. The maximum atomic E-state index is 13.6. The van der Waals surface area contributed by atoms with Crippen LogP contribution >= 0.6 is 0 Å². The molecule has 2 fully saturated rings. The zero-order chi connectivity index (χ0) is 20.2. The van der Waals surface area contributed by atoms with Crippen molar-refractivity contribution in [2.75, 3.05) is 32.8 Å². The molecule has 6 heteroatoms. The molecule has 0 aliphatic carbocycles. The highest BCUT2D eigenvalue weighted by atomic mass is 16.5. The van der Waals surface area contributed by atoms with Crippen molar-refractivity contribution in [2.45, 2.75) is 38.1 Å². The molecular weight excluding hydrogens is 368 g/mol. The van der Waals surface area contributed by atoms with Gasteiger partial charge in [-0.25, -0.2) is 0 Å². The molecule has 0 N–H and O–H groups in total. The van der Waals surface area contributed by atoms with E-state index in [-0.39, 0.29) is 23.8 Å². The number of rotatable bonds is 5. The largest absolute Gasteiger partial charge is 0.469 e. The molecule has 154 valence electrons. The van der Waals surface area contributed by atoms with Gasteiger partial charge in [-0.05, 0) is 37.5 Å². The first-order valence-electron chi connectivity index (χ1n) is 10.4. The normalized spacial score (nSPS) is 20.7. The van der Waals surface area contributed by atoms with E-state index in [1.807, 2.05) is 48.2 Å². The van der Waals surface area contributed by atoms with Crippen molar-refractivity contribution in [3.8, 4) is 0 Å². The number of likely N-dealkylation sites (tertiary alicyclic amines) is 1. The number of furan rings is 1. The number of hydrogen-bond donors (Lipinski definition) is 0. The van der Waals surface area contributed by atoms with Gasteiger partial charge in [-0.1, -0.05) is 29.8 Å². The Morgan fingerprint density at radius 3 is 2.55 bits per heavy atom. The lowest BCUT2D eigenvalue weighted by atomic mass is 9.92. The predicted molar refractivity (Wildman–Crippen MR) is 108 cm³/mol. The average molecular weight is 396 g/mol. The minimum absolute atomic E-state index is 0.00867. The van der Waals surface area contributed by atoms with Crippen LogP contribution in [0.3, 0.4) is 0 Å². The van der Waals surface area contributed by atoms with E-state index in [4.69, 9.17) is 9.15 Å². The Kier molecular flexibility index (Phi) is 6.00. The molecule has 3 heterocycles. The van der Waals surface area contributed by atoms with Gasteiger partial charge in [0.15, 0.2) is 0 Å². The van der Waals surface area contributed by atoms with Crippen molar-refractivity contribution in [1.29, 1.82) is 0 Å². The maximum Gasteiger partial charge on any atom is 0.245 e. The van der Waals surface area contributed by atoms with Crippen molar-refractivity contribution in [3.05, 3.63) is 59.5 Å². The van der Waals surface area contributed by atoms with Crippen LogP contribution in [0.15, 0.2) is 47.1 Å². The first-order chi connectivity index (χ1) is 14.1. The molecule has 2 aliphatic heterocycles. The van der Waals surface area contributed by atoms with Crippen LogP contribution in [-0.2, 0) is 20.7 Å². The summed E-state index contributed by atoms with van der Waals surface area (Å²) in [5.74, 6) is 0.480. The van der Waals surface area contributed by atoms with Gasteiger partial charge in [-0.3, -0.25) is 9.59 Å². The van der Waals surface area contributed by atoms with Gasteiger partial charge in [0.1, 0.15) is 11.8 Å². The van der Waals surface area contributed by atoms with Crippen LogP contribution < -0.4 is 0 Å². The van der Waals surface area contributed by atoms with E-state index < -0.39 is 0 Å². The number of carbonyl (C=O) groups is 2. The highest BCUT2D eigenvalue weighted by Gasteiger charge is 2.39. The molecule has 2 aromatic rings. The fraction of sp³-hybridized carbons (Fsp3) is 0.478. The third-order valence-corrected chi connectivity index (χ3v) is 5.91. The SMILES string of the molecule is Cc1ccc(C(Cc2ccco2)C(=O)N2CCC[C@@H]2C(=O)N2CCOCC2)cc1. The minimum Gasteiger partial charge on any atom is -0.469 e. The first kappa shape index (κ1) is 19.7. The Balaban J connectivity index is 1.56. The molecule has 29 heavy (non-hydrogen) atoms. The number of morpholine rings is 1. The van der Waals surface area contributed by atoms with E-state index in [2.05, 4.69) is 0 Å². The number of hydrogen-bond acceptors (Lipinski definition) is 4. The number of aryl methyl sites for hydroxylation is 1. The van der Waals surface area contributed by atoms with E-state index in [0.29, 0.717) is 39.3 Å². The first-order valence-corrected chi connectivity index (χ1v) is 10.4. The van der Waals surface area contributed by atoms with Gasteiger partial charge >= 0.3 is 0 Å². The Labute approximate surface area is 171 Å². The van der Waals surface area contributed by atoms with Crippen molar-refractivity contribution in [3.63, 3.8) is 0 Å². The molecule has 1 unspecified atom stereocenters. The third kappa shape index (κ3) is 4.37. The van der Waals surface area contributed by atoms with Gasteiger partial charge in [0.25, 0.3) is 0 Å².